The molecule has 1 saturated heterocycles. The van der Waals surface area contributed by atoms with Crippen LogP contribution in [0.1, 0.15) is 17.3 Å². The van der Waals surface area contributed by atoms with Crippen molar-refractivity contribution in [2.24, 2.45) is 0 Å². The molecular formula is C13H15F3N2O3. The van der Waals surface area contributed by atoms with Crippen molar-refractivity contribution in [1.82, 2.24) is 4.98 Å². The summed E-state index contributed by atoms with van der Waals surface area (Å²) in [5, 5.41) is 0. The van der Waals surface area contributed by atoms with Gasteiger partial charge in [0, 0.05) is 12.7 Å². The summed E-state index contributed by atoms with van der Waals surface area (Å²) in [6.07, 6.45) is -4.91. The normalized spacial score (nSPS) is 19.4. The molecule has 0 amide bonds. The molecule has 2 heterocycles. The van der Waals surface area contributed by atoms with Crippen molar-refractivity contribution < 1.29 is 27.4 Å². The molecule has 0 spiro atoms. The monoisotopic (exact) mass is 304 g/mol. The van der Waals surface area contributed by atoms with Crippen molar-refractivity contribution in [1.29, 1.82) is 0 Å². The highest BCUT2D eigenvalue weighted by atomic mass is 19.4. The summed E-state index contributed by atoms with van der Waals surface area (Å²) in [6, 6.07) is 3.02. The number of halogens is 3. The number of alkyl halides is 3. The zero-order valence-corrected chi connectivity index (χ0v) is 11.4. The van der Waals surface area contributed by atoms with Crippen molar-refractivity contribution in [3.8, 4) is 0 Å². The lowest BCUT2D eigenvalue weighted by molar-refractivity contribution is -0.221. The van der Waals surface area contributed by atoms with E-state index in [1.54, 1.807) is 6.92 Å². The molecule has 0 N–H and O–H groups in total. The van der Waals surface area contributed by atoms with Crippen LogP contribution < -0.4 is 4.90 Å². The summed E-state index contributed by atoms with van der Waals surface area (Å²) < 4.78 is 47.9. The standard InChI is InChI=1S/C13H15F3N2O3/c1-2-20-12(19)9-4-3-5-17-11(9)18-6-7-21-10(8-18)13(14,15)16/h3-5,10H,2,6-8H2,1H3/t10-/m0/s1. The van der Waals surface area contributed by atoms with Gasteiger partial charge in [-0.15, -0.1) is 0 Å². The Hall–Kier alpha value is -1.83. The van der Waals surface area contributed by atoms with Gasteiger partial charge in [0.05, 0.1) is 19.8 Å². The molecule has 1 fully saturated rings. The molecule has 1 atom stereocenters. The molecule has 2 rings (SSSR count). The van der Waals surface area contributed by atoms with Gasteiger partial charge in [-0.1, -0.05) is 0 Å². The molecule has 116 valence electrons. The Bertz CT molecular complexity index is 508. The van der Waals surface area contributed by atoms with E-state index in [2.05, 4.69) is 4.98 Å². The van der Waals surface area contributed by atoms with Crippen molar-refractivity contribution in [3.63, 3.8) is 0 Å². The number of rotatable bonds is 3. The fraction of sp³-hybridized carbons (Fsp3) is 0.538. The second-order valence-corrected chi connectivity index (χ2v) is 4.44. The van der Waals surface area contributed by atoms with Gasteiger partial charge in [0.1, 0.15) is 11.4 Å². The van der Waals surface area contributed by atoms with E-state index in [0.717, 1.165) is 0 Å². The lowest BCUT2D eigenvalue weighted by atomic mass is 10.2. The number of esters is 1. The van der Waals surface area contributed by atoms with Crippen molar-refractivity contribution in [3.05, 3.63) is 23.9 Å². The number of carbonyl (C=O) groups is 1. The molecule has 1 aromatic rings. The molecule has 0 aromatic carbocycles. The number of pyridine rings is 1. The fourth-order valence-electron chi connectivity index (χ4n) is 2.06. The van der Waals surface area contributed by atoms with Gasteiger partial charge in [-0.2, -0.15) is 13.2 Å². The van der Waals surface area contributed by atoms with Gasteiger partial charge < -0.3 is 14.4 Å². The summed E-state index contributed by atoms with van der Waals surface area (Å²) in [4.78, 5) is 17.3. The average molecular weight is 304 g/mol. The molecule has 0 radical (unpaired) electrons. The maximum Gasteiger partial charge on any atom is 0.416 e. The van der Waals surface area contributed by atoms with E-state index >= 15 is 0 Å². The topological polar surface area (TPSA) is 51.7 Å². The lowest BCUT2D eigenvalue weighted by Gasteiger charge is -2.35. The zero-order valence-electron chi connectivity index (χ0n) is 11.4. The number of anilines is 1. The second-order valence-electron chi connectivity index (χ2n) is 4.44. The molecule has 1 aromatic heterocycles. The minimum Gasteiger partial charge on any atom is -0.462 e. The highest BCUT2D eigenvalue weighted by Crippen LogP contribution is 2.28. The van der Waals surface area contributed by atoms with E-state index < -0.39 is 24.8 Å². The Balaban J connectivity index is 2.23. The van der Waals surface area contributed by atoms with E-state index in [1.165, 1.54) is 23.2 Å². The number of morpholine rings is 1. The van der Waals surface area contributed by atoms with Crippen LogP contribution in [0.15, 0.2) is 18.3 Å². The Morgan fingerprint density at radius 3 is 3.00 bits per heavy atom. The SMILES string of the molecule is CCOC(=O)c1cccnc1N1CCO[C@H](C(F)(F)F)C1. The number of hydrogen-bond acceptors (Lipinski definition) is 5. The Kier molecular flexibility index (Phi) is 4.66. The first-order valence-corrected chi connectivity index (χ1v) is 6.49. The number of ether oxygens (including phenoxy) is 2. The van der Waals surface area contributed by atoms with E-state index in [-0.39, 0.29) is 31.1 Å². The quantitative estimate of drug-likeness (QED) is 0.800. The average Bonchev–Trinajstić information content (AvgIpc) is 2.47. The Morgan fingerprint density at radius 2 is 2.33 bits per heavy atom. The van der Waals surface area contributed by atoms with Gasteiger partial charge in [0.25, 0.3) is 0 Å². The number of carbonyl (C=O) groups excluding carboxylic acids is 1. The van der Waals surface area contributed by atoms with Crippen LogP contribution in [0, 0.1) is 0 Å². The van der Waals surface area contributed by atoms with Gasteiger partial charge in [-0.25, -0.2) is 9.78 Å². The third kappa shape index (κ3) is 3.63. The maximum atomic E-state index is 12.7. The molecule has 1 aliphatic rings. The van der Waals surface area contributed by atoms with Crippen LogP contribution in [0.4, 0.5) is 19.0 Å². The van der Waals surface area contributed by atoms with E-state index in [1.807, 2.05) is 0 Å². The summed E-state index contributed by atoms with van der Waals surface area (Å²) in [6.45, 7) is 1.59. The zero-order chi connectivity index (χ0) is 15.5. The van der Waals surface area contributed by atoms with Crippen LogP contribution >= 0.6 is 0 Å². The molecule has 0 unspecified atom stereocenters. The minimum atomic E-state index is -4.45. The van der Waals surface area contributed by atoms with Crippen LogP contribution in [0.3, 0.4) is 0 Å². The van der Waals surface area contributed by atoms with Crippen LogP contribution in [0.5, 0.6) is 0 Å². The molecule has 21 heavy (non-hydrogen) atoms. The van der Waals surface area contributed by atoms with Crippen molar-refractivity contribution in [2.45, 2.75) is 19.2 Å². The summed E-state index contributed by atoms with van der Waals surface area (Å²) >= 11 is 0. The highest BCUT2D eigenvalue weighted by Gasteiger charge is 2.44. The largest absolute Gasteiger partial charge is 0.462 e. The summed E-state index contributed by atoms with van der Waals surface area (Å²) in [5.74, 6) is -0.413. The number of aromatic nitrogens is 1. The number of hydrogen-bond donors (Lipinski definition) is 0. The molecule has 0 bridgehead atoms. The first-order chi connectivity index (χ1) is 9.93. The smallest absolute Gasteiger partial charge is 0.416 e. The van der Waals surface area contributed by atoms with Gasteiger partial charge in [-0.3, -0.25) is 0 Å². The molecule has 0 saturated carbocycles. The molecule has 5 nitrogen and oxygen atoms in total. The van der Waals surface area contributed by atoms with E-state index in [9.17, 15) is 18.0 Å². The number of nitrogens with zero attached hydrogens (tertiary/aromatic N) is 2. The van der Waals surface area contributed by atoms with Crippen LogP contribution in [-0.2, 0) is 9.47 Å². The first kappa shape index (κ1) is 15.6. The van der Waals surface area contributed by atoms with E-state index in [4.69, 9.17) is 9.47 Å². The minimum absolute atomic E-state index is 0.0803. The van der Waals surface area contributed by atoms with E-state index in [0.29, 0.717) is 0 Å². The molecular weight excluding hydrogens is 289 g/mol. The predicted molar refractivity (Wildman–Crippen MR) is 68.2 cm³/mol. The molecule has 1 aliphatic heterocycles. The van der Waals surface area contributed by atoms with Crippen molar-refractivity contribution >= 4 is 11.8 Å². The first-order valence-electron chi connectivity index (χ1n) is 6.49. The van der Waals surface area contributed by atoms with Crippen LogP contribution in [0.2, 0.25) is 0 Å². The van der Waals surface area contributed by atoms with Gasteiger partial charge in [0.2, 0.25) is 0 Å². The third-order valence-electron chi connectivity index (χ3n) is 3.01. The highest BCUT2D eigenvalue weighted by molar-refractivity contribution is 5.94. The Morgan fingerprint density at radius 1 is 1.57 bits per heavy atom. The second kappa shape index (κ2) is 6.30. The predicted octanol–water partition coefficient (Wildman–Crippen LogP) is 2.03. The lowest BCUT2D eigenvalue weighted by Crippen LogP contribution is -2.49. The van der Waals surface area contributed by atoms with Gasteiger partial charge in [-0.05, 0) is 19.1 Å². The fourth-order valence-corrected chi connectivity index (χ4v) is 2.06. The summed E-state index contributed by atoms with van der Waals surface area (Å²) in [5.41, 5.74) is 0.155. The maximum absolute atomic E-state index is 12.7. The molecule has 0 aliphatic carbocycles. The molecule has 8 heteroatoms. The van der Waals surface area contributed by atoms with Crippen LogP contribution in [0.25, 0.3) is 0 Å². The third-order valence-corrected chi connectivity index (χ3v) is 3.01. The van der Waals surface area contributed by atoms with Crippen molar-refractivity contribution in [2.75, 3.05) is 31.2 Å². The summed E-state index contributed by atoms with van der Waals surface area (Å²) in [7, 11) is 0. The van der Waals surface area contributed by atoms with Crippen LogP contribution in [-0.4, -0.2) is 49.5 Å². The Labute approximate surface area is 119 Å². The van der Waals surface area contributed by atoms with Gasteiger partial charge in [0.15, 0.2) is 6.10 Å². The van der Waals surface area contributed by atoms with Gasteiger partial charge >= 0.3 is 12.1 Å².